The molecule has 4 aliphatic rings. The van der Waals surface area contributed by atoms with Gasteiger partial charge < -0.3 is 9.84 Å². The summed E-state index contributed by atoms with van der Waals surface area (Å²) >= 11 is 12.6. The number of allylic oxidation sites excluding steroid dienone is 2. The van der Waals surface area contributed by atoms with E-state index in [1.807, 2.05) is 0 Å². The fourth-order valence-electron chi connectivity index (χ4n) is 9.03. The lowest BCUT2D eigenvalue weighted by molar-refractivity contribution is -0.384. The molecule has 0 bridgehead atoms. The van der Waals surface area contributed by atoms with Crippen molar-refractivity contribution in [2.24, 2.45) is 23.7 Å². The number of benzene rings is 3. The minimum atomic E-state index is -4.79. The Kier molecular flexibility index (Phi) is 9.03. The van der Waals surface area contributed by atoms with E-state index in [1.165, 1.54) is 49.6 Å². The number of hydrazine groups is 1. The van der Waals surface area contributed by atoms with Gasteiger partial charge in [0, 0.05) is 29.3 Å². The van der Waals surface area contributed by atoms with E-state index in [4.69, 9.17) is 27.9 Å². The summed E-state index contributed by atoms with van der Waals surface area (Å²) in [5, 5.41) is 22.7. The Balaban J connectivity index is 1.31. The van der Waals surface area contributed by atoms with Crippen LogP contribution >= 0.6 is 23.2 Å². The van der Waals surface area contributed by atoms with E-state index in [9.17, 15) is 42.8 Å². The van der Waals surface area contributed by atoms with Crippen molar-refractivity contribution in [2.75, 3.05) is 17.4 Å². The third kappa shape index (κ3) is 5.79. The molecule has 0 spiro atoms. The molecule has 0 radical (unpaired) electrons. The van der Waals surface area contributed by atoms with Gasteiger partial charge in [-0.15, -0.1) is 0 Å². The normalized spacial score (nSPS) is 25.5. The summed E-state index contributed by atoms with van der Waals surface area (Å²) in [5.41, 5.74) is 0.506. The summed E-state index contributed by atoms with van der Waals surface area (Å²) in [6.07, 6.45) is -2.63. The van der Waals surface area contributed by atoms with Gasteiger partial charge in [-0.3, -0.25) is 34.7 Å². The molecule has 0 unspecified atom stereocenters. The van der Waals surface area contributed by atoms with E-state index in [1.54, 1.807) is 24.3 Å². The van der Waals surface area contributed by atoms with Crippen molar-refractivity contribution in [3.8, 4) is 11.5 Å². The zero-order valence-corrected chi connectivity index (χ0v) is 30.9. The molecule has 1 aromatic heterocycles. The van der Waals surface area contributed by atoms with Crippen LogP contribution in [0.3, 0.4) is 0 Å². The molecule has 2 aliphatic heterocycles. The van der Waals surface area contributed by atoms with Crippen LogP contribution in [-0.2, 0) is 30.8 Å². The summed E-state index contributed by atoms with van der Waals surface area (Å²) in [5.74, 6) is -8.68. The Morgan fingerprint density at radius 2 is 1.72 bits per heavy atom. The maximum absolute atomic E-state index is 15.3. The number of halogens is 5. The number of aromatic hydroxyl groups is 1. The number of imide groups is 2. The SMILES string of the molecule is COc1cc([C@H]2C3=CC[C@@H]4C(=O)N(c5cccc([N+](=O)[O-])c5)C(=O)[C@@H]4[C@@H]3C[C@H]3C(=O)N(Nc4ncc(C(F)(F)F)cc4Cl)C(=O)[C@@]23c2ccc(Cl)cc2)ccc1O. The number of pyridine rings is 1. The summed E-state index contributed by atoms with van der Waals surface area (Å²) in [7, 11) is 1.33. The number of methoxy groups -OCH3 is 1. The Bertz CT molecular complexity index is 2450. The van der Waals surface area contributed by atoms with Crippen molar-refractivity contribution in [2.45, 2.75) is 30.4 Å². The van der Waals surface area contributed by atoms with Crippen molar-refractivity contribution in [3.63, 3.8) is 0 Å². The van der Waals surface area contributed by atoms with E-state index in [0.29, 0.717) is 39.0 Å². The van der Waals surface area contributed by atoms with Crippen LogP contribution in [0.1, 0.15) is 35.4 Å². The van der Waals surface area contributed by atoms with Gasteiger partial charge in [-0.2, -0.15) is 18.2 Å². The van der Waals surface area contributed by atoms with E-state index in [-0.39, 0.29) is 35.7 Å². The number of nitrogens with one attached hydrogen (secondary N) is 1. The molecule has 6 atom stereocenters. The largest absolute Gasteiger partial charge is 0.504 e. The number of hydrogen-bond donors (Lipinski definition) is 2. The number of anilines is 2. The number of non-ortho nitro benzene ring substituents is 1. The predicted molar refractivity (Wildman–Crippen MR) is 197 cm³/mol. The van der Waals surface area contributed by atoms with Gasteiger partial charge in [0.15, 0.2) is 17.3 Å². The van der Waals surface area contributed by atoms with Crippen LogP contribution in [0.4, 0.5) is 30.4 Å². The monoisotopic (exact) mass is 821 g/mol. The van der Waals surface area contributed by atoms with Crippen molar-refractivity contribution in [1.29, 1.82) is 0 Å². The van der Waals surface area contributed by atoms with E-state index in [2.05, 4.69) is 10.4 Å². The first-order valence-electron chi connectivity index (χ1n) is 17.4. The highest BCUT2D eigenvalue weighted by molar-refractivity contribution is 6.33. The molecular formula is C39H28Cl2F3N5O8. The number of carbonyl (C=O) groups is 4. The van der Waals surface area contributed by atoms with Gasteiger partial charge in [0.2, 0.25) is 11.8 Å². The molecule has 3 heterocycles. The molecule has 13 nitrogen and oxygen atoms in total. The molecule has 1 saturated carbocycles. The Labute approximate surface area is 330 Å². The number of fused-ring (bicyclic) bond motifs is 4. The van der Waals surface area contributed by atoms with E-state index < -0.39 is 86.1 Å². The minimum absolute atomic E-state index is 0.00436. The summed E-state index contributed by atoms with van der Waals surface area (Å²) < 4.78 is 45.9. The molecule has 2 N–H and O–H groups in total. The number of rotatable bonds is 7. The molecule has 2 saturated heterocycles. The standard InChI is InChI=1S/C39H28Cl2F3N5O8/c1-57-30-13-18(5-12-29(30)50)32-24-10-11-25-31(36(53)47(34(25)51)22-3-2-4-23(15-22)49(55)56)26(24)16-27-35(52)48(37(54)38(27,32)19-6-8-21(40)9-7-19)46-33-28(41)14-20(17-45-33)39(42,43)44/h2-10,12-15,17,25-27,31-32,50H,11,16H2,1H3,(H,45,46)/t25-,26+,27-,31-,32-,38+/m0/s1. The lowest BCUT2D eigenvalue weighted by atomic mass is 9.49. The first-order valence-corrected chi connectivity index (χ1v) is 18.2. The van der Waals surface area contributed by atoms with Crippen LogP contribution in [0, 0.1) is 33.8 Å². The van der Waals surface area contributed by atoms with Crippen LogP contribution in [0.2, 0.25) is 10.0 Å². The number of amides is 4. The first-order chi connectivity index (χ1) is 27.1. The van der Waals surface area contributed by atoms with Gasteiger partial charge in [0.1, 0.15) is 0 Å². The number of phenols is 1. The van der Waals surface area contributed by atoms with Crippen LogP contribution in [-0.4, -0.2) is 50.8 Å². The number of hydrogen-bond acceptors (Lipinski definition) is 10. The molecule has 18 heteroatoms. The summed E-state index contributed by atoms with van der Waals surface area (Å²) in [4.78, 5) is 74.4. The van der Waals surface area contributed by atoms with Gasteiger partial charge in [-0.25, -0.2) is 9.88 Å². The fraction of sp³-hybridized carbons (Fsp3) is 0.256. The molecular weight excluding hydrogens is 794 g/mol. The highest BCUT2D eigenvalue weighted by Crippen LogP contribution is 2.64. The highest BCUT2D eigenvalue weighted by atomic mass is 35.5. The molecule has 2 aliphatic carbocycles. The van der Waals surface area contributed by atoms with Gasteiger partial charge in [0.25, 0.3) is 17.5 Å². The second kappa shape index (κ2) is 13.6. The zero-order valence-electron chi connectivity index (χ0n) is 29.4. The van der Waals surface area contributed by atoms with Gasteiger partial charge >= 0.3 is 6.18 Å². The van der Waals surface area contributed by atoms with Crippen molar-refractivity contribution in [3.05, 3.63) is 127 Å². The van der Waals surface area contributed by atoms with Gasteiger partial charge in [-0.05, 0) is 66.3 Å². The lowest BCUT2D eigenvalue weighted by Gasteiger charge is -2.50. The smallest absolute Gasteiger partial charge is 0.417 e. The quantitative estimate of drug-likeness (QED) is 0.0839. The Morgan fingerprint density at radius 1 is 0.982 bits per heavy atom. The van der Waals surface area contributed by atoms with Crippen LogP contribution < -0.4 is 15.1 Å². The average molecular weight is 823 g/mol. The number of alkyl halides is 3. The predicted octanol–water partition coefficient (Wildman–Crippen LogP) is 7.22. The Hall–Kier alpha value is -6.00. The third-order valence-corrected chi connectivity index (χ3v) is 11.9. The molecule has 4 aromatic rings. The second-order valence-electron chi connectivity index (χ2n) is 14.1. The van der Waals surface area contributed by atoms with Crippen LogP contribution in [0.25, 0.3) is 0 Å². The number of nitro benzene ring substituents is 1. The van der Waals surface area contributed by atoms with E-state index >= 15 is 4.79 Å². The maximum atomic E-state index is 15.3. The molecule has 8 rings (SSSR count). The van der Waals surface area contributed by atoms with Crippen molar-refractivity contribution in [1.82, 2.24) is 9.99 Å². The molecule has 3 fully saturated rings. The number of nitrogens with zero attached hydrogens (tertiary/aromatic N) is 4. The number of phenolic OH excluding ortho intramolecular Hbond substituents is 1. The minimum Gasteiger partial charge on any atom is -0.504 e. The fourth-order valence-corrected chi connectivity index (χ4v) is 9.37. The first kappa shape index (κ1) is 37.9. The number of nitro groups is 1. The molecule has 57 heavy (non-hydrogen) atoms. The van der Waals surface area contributed by atoms with Crippen molar-refractivity contribution < 1.29 is 47.1 Å². The Morgan fingerprint density at radius 3 is 2.39 bits per heavy atom. The van der Waals surface area contributed by atoms with E-state index in [0.717, 1.165) is 11.0 Å². The second-order valence-corrected chi connectivity index (χ2v) is 15.0. The molecule has 4 amide bonds. The molecule has 292 valence electrons. The van der Waals surface area contributed by atoms with Crippen molar-refractivity contribution >= 4 is 64.0 Å². The van der Waals surface area contributed by atoms with Crippen LogP contribution in [0.15, 0.2) is 90.6 Å². The summed E-state index contributed by atoms with van der Waals surface area (Å²) in [6.45, 7) is 0. The number of ether oxygens (including phenoxy) is 1. The number of carbonyl (C=O) groups excluding carboxylic acids is 4. The third-order valence-electron chi connectivity index (χ3n) is 11.4. The average Bonchev–Trinajstić information content (AvgIpc) is 3.56. The zero-order chi connectivity index (χ0) is 40.7. The van der Waals surface area contributed by atoms with Gasteiger partial charge in [0.05, 0.1) is 51.5 Å². The molecule has 3 aromatic carbocycles. The highest BCUT2D eigenvalue weighted by Gasteiger charge is 2.70. The topological polar surface area (TPSA) is 172 Å². The summed E-state index contributed by atoms with van der Waals surface area (Å²) in [6, 6.07) is 16.4. The van der Waals surface area contributed by atoms with Gasteiger partial charge in [-0.1, -0.05) is 59.1 Å². The lowest BCUT2D eigenvalue weighted by Crippen LogP contribution is -2.53. The maximum Gasteiger partial charge on any atom is 0.417 e. The van der Waals surface area contributed by atoms with Crippen LogP contribution in [0.5, 0.6) is 11.5 Å². The number of aromatic nitrogens is 1.